The molecule has 0 aliphatic rings. The van der Waals surface area contributed by atoms with Crippen molar-refractivity contribution in [2.45, 2.75) is 33.2 Å². The Bertz CT molecular complexity index is 668. The van der Waals surface area contributed by atoms with E-state index in [1.807, 2.05) is 47.4 Å². The molecule has 2 aromatic rings. The molecule has 2 N–H and O–H groups in total. The van der Waals surface area contributed by atoms with Crippen molar-refractivity contribution in [1.29, 1.82) is 0 Å². The lowest BCUT2D eigenvalue weighted by Gasteiger charge is -2.24. The second-order valence-corrected chi connectivity index (χ2v) is 6.34. The number of hydrogen-bond donors (Lipinski definition) is 1. The fraction of sp³-hybridized carbons (Fsp3) is 0.429. The summed E-state index contributed by atoms with van der Waals surface area (Å²) in [6, 6.07) is 13.9. The first-order chi connectivity index (χ1) is 12.7. The summed E-state index contributed by atoms with van der Waals surface area (Å²) >= 11 is 0. The zero-order chi connectivity index (χ0) is 18.8. The molecule has 0 aliphatic heterocycles. The molecule has 0 unspecified atom stereocenters. The number of nitrogens with zero attached hydrogens (tertiary/aromatic N) is 3. The average molecular weight is 427 g/mol. The Labute approximate surface area is 181 Å². The van der Waals surface area contributed by atoms with Gasteiger partial charge in [-0.25, -0.2) is 4.98 Å². The number of nitrogens with two attached hydrogens (primary N) is 1. The Balaban J connectivity index is 0.00000364. The molecule has 0 radical (unpaired) electrons. The van der Waals surface area contributed by atoms with Crippen LogP contribution in [0.2, 0.25) is 0 Å². The molecule has 1 heterocycles. The molecule has 2 rings (SSSR count). The zero-order valence-corrected chi connectivity index (χ0v) is 18.3. The van der Waals surface area contributed by atoms with Gasteiger partial charge in [0.05, 0.1) is 5.56 Å². The van der Waals surface area contributed by atoms with E-state index < -0.39 is 0 Å². The molecule has 1 aromatic heterocycles. The van der Waals surface area contributed by atoms with Gasteiger partial charge in [0.1, 0.15) is 5.82 Å². The van der Waals surface area contributed by atoms with Gasteiger partial charge in [-0.05, 0) is 44.0 Å². The van der Waals surface area contributed by atoms with Crippen LogP contribution in [-0.2, 0) is 6.54 Å². The summed E-state index contributed by atoms with van der Waals surface area (Å²) in [6.07, 6.45) is 3.54. The van der Waals surface area contributed by atoms with E-state index in [-0.39, 0.29) is 30.7 Å². The summed E-state index contributed by atoms with van der Waals surface area (Å²) in [7, 11) is 0. The maximum atomic E-state index is 13.0. The van der Waals surface area contributed by atoms with Gasteiger partial charge in [0, 0.05) is 32.4 Å². The molecule has 0 aliphatic carbocycles. The number of benzene rings is 1. The van der Waals surface area contributed by atoms with Crippen LogP contribution >= 0.6 is 24.8 Å². The van der Waals surface area contributed by atoms with E-state index in [1.54, 1.807) is 6.20 Å². The highest BCUT2D eigenvalue weighted by molar-refractivity contribution is 5.94. The number of carbonyl (C=O) groups is 1. The summed E-state index contributed by atoms with van der Waals surface area (Å²) in [4.78, 5) is 21.5. The van der Waals surface area contributed by atoms with Crippen LogP contribution in [0.1, 0.15) is 42.6 Å². The van der Waals surface area contributed by atoms with Crippen molar-refractivity contribution in [2.24, 2.45) is 5.73 Å². The zero-order valence-electron chi connectivity index (χ0n) is 16.7. The quantitative estimate of drug-likeness (QED) is 0.619. The fourth-order valence-corrected chi connectivity index (χ4v) is 2.93. The molecule has 1 amide bonds. The van der Waals surface area contributed by atoms with Gasteiger partial charge in [-0.15, -0.1) is 24.8 Å². The van der Waals surface area contributed by atoms with Crippen LogP contribution in [0.25, 0.3) is 0 Å². The average Bonchev–Trinajstić information content (AvgIpc) is 2.69. The van der Waals surface area contributed by atoms with E-state index in [4.69, 9.17) is 5.73 Å². The Hall–Kier alpha value is -1.82. The van der Waals surface area contributed by atoms with Crippen LogP contribution in [0, 0.1) is 0 Å². The van der Waals surface area contributed by atoms with Crippen molar-refractivity contribution >= 4 is 36.5 Å². The van der Waals surface area contributed by atoms with Gasteiger partial charge in [0.15, 0.2) is 0 Å². The number of halogens is 2. The lowest BCUT2D eigenvalue weighted by molar-refractivity contribution is 0.0742. The lowest BCUT2D eigenvalue weighted by atomic mass is 10.1. The lowest BCUT2D eigenvalue weighted by Crippen LogP contribution is -2.32. The number of carbonyl (C=O) groups excluding carboxylic acids is 1. The topological polar surface area (TPSA) is 62.5 Å². The molecule has 0 fully saturated rings. The SMILES string of the molecule is CCCN(CC)c1ccc(C(=O)N(CCCN)Cc2ccccc2)cn1.Cl.Cl. The van der Waals surface area contributed by atoms with E-state index in [1.165, 1.54) is 0 Å². The van der Waals surface area contributed by atoms with Crippen molar-refractivity contribution in [3.63, 3.8) is 0 Å². The maximum absolute atomic E-state index is 13.0. The van der Waals surface area contributed by atoms with E-state index in [2.05, 4.69) is 23.7 Å². The summed E-state index contributed by atoms with van der Waals surface area (Å²) in [5.41, 5.74) is 7.38. The highest BCUT2D eigenvalue weighted by Gasteiger charge is 2.17. The van der Waals surface area contributed by atoms with E-state index in [9.17, 15) is 4.79 Å². The smallest absolute Gasteiger partial charge is 0.255 e. The molecule has 0 bridgehead atoms. The van der Waals surface area contributed by atoms with Crippen molar-refractivity contribution in [3.05, 3.63) is 59.8 Å². The number of amides is 1. The van der Waals surface area contributed by atoms with Crippen molar-refractivity contribution in [2.75, 3.05) is 31.1 Å². The number of pyridine rings is 1. The Morgan fingerprint density at radius 1 is 1.04 bits per heavy atom. The largest absolute Gasteiger partial charge is 0.357 e. The molecule has 0 spiro atoms. The highest BCUT2D eigenvalue weighted by atomic mass is 35.5. The number of aromatic nitrogens is 1. The number of hydrogen-bond acceptors (Lipinski definition) is 4. The molecule has 7 heteroatoms. The van der Waals surface area contributed by atoms with E-state index in [0.29, 0.717) is 25.2 Å². The second kappa shape index (κ2) is 14.2. The molecule has 28 heavy (non-hydrogen) atoms. The minimum Gasteiger partial charge on any atom is -0.357 e. The van der Waals surface area contributed by atoms with Crippen LogP contribution < -0.4 is 10.6 Å². The van der Waals surface area contributed by atoms with Crippen molar-refractivity contribution < 1.29 is 4.79 Å². The van der Waals surface area contributed by atoms with Gasteiger partial charge in [0.2, 0.25) is 0 Å². The summed E-state index contributed by atoms with van der Waals surface area (Å²) < 4.78 is 0. The van der Waals surface area contributed by atoms with Gasteiger partial charge in [0.25, 0.3) is 5.91 Å². The number of rotatable bonds is 10. The van der Waals surface area contributed by atoms with Crippen LogP contribution in [0.3, 0.4) is 0 Å². The first kappa shape index (κ1) is 26.2. The predicted octanol–water partition coefficient (Wildman–Crippen LogP) is 4.15. The molecule has 5 nitrogen and oxygen atoms in total. The third-order valence-electron chi connectivity index (χ3n) is 4.33. The monoisotopic (exact) mass is 426 g/mol. The van der Waals surface area contributed by atoms with Crippen LogP contribution in [-0.4, -0.2) is 42.0 Å². The van der Waals surface area contributed by atoms with Gasteiger partial charge in [-0.1, -0.05) is 37.3 Å². The molecule has 156 valence electrons. The molecule has 0 saturated carbocycles. The molecule has 0 atom stereocenters. The number of anilines is 1. The van der Waals surface area contributed by atoms with Crippen LogP contribution in [0.5, 0.6) is 0 Å². The van der Waals surface area contributed by atoms with Gasteiger partial charge in [-0.2, -0.15) is 0 Å². The highest BCUT2D eigenvalue weighted by Crippen LogP contribution is 2.15. The molecular formula is C21H32Cl2N4O. The Morgan fingerprint density at radius 3 is 2.29 bits per heavy atom. The van der Waals surface area contributed by atoms with E-state index in [0.717, 1.165) is 37.3 Å². The minimum absolute atomic E-state index is 0. The third kappa shape index (κ3) is 7.66. The first-order valence-electron chi connectivity index (χ1n) is 9.43. The molecule has 0 saturated heterocycles. The first-order valence-corrected chi connectivity index (χ1v) is 9.43. The third-order valence-corrected chi connectivity index (χ3v) is 4.33. The summed E-state index contributed by atoms with van der Waals surface area (Å²) in [6.45, 7) is 7.93. The summed E-state index contributed by atoms with van der Waals surface area (Å²) in [5.74, 6) is 0.919. The van der Waals surface area contributed by atoms with Crippen LogP contribution in [0.4, 0.5) is 5.82 Å². The van der Waals surface area contributed by atoms with Gasteiger partial charge >= 0.3 is 0 Å². The summed E-state index contributed by atoms with van der Waals surface area (Å²) in [5, 5.41) is 0. The Kier molecular flexibility index (Phi) is 13.3. The van der Waals surface area contributed by atoms with Crippen molar-refractivity contribution in [3.8, 4) is 0 Å². The standard InChI is InChI=1S/C21H30N4O.2ClH/c1-3-14-24(4-2)20-12-11-19(16-23-20)21(26)25(15-8-13-22)17-18-9-6-5-7-10-18;;/h5-7,9-12,16H,3-4,8,13-15,17,22H2,1-2H3;2*1H. The molecular weight excluding hydrogens is 395 g/mol. The predicted molar refractivity (Wildman–Crippen MR) is 122 cm³/mol. The second-order valence-electron chi connectivity index (χ2n) is 6.34. The minimum atomic E-state index is -0.0000990. The van der Waals surface area contributed by atoms with Crippen LogP contribution in [0.15, 0.2) is 48.7 Å². The normalized spacial score (nSPS) is 9.82. The van der Waals surface area contributed by atoms with Gasteiger partial charge in [-0.3, -0.25) is 4.79 Å². The van der Waals surface area contributed by atoms with Crippen molar-refractivity contribution in [1.82, 2.24) is 9.88 Å². The van der Waals surface area contributed by atoms with Gasteiger partial charge < -0.3 is 15.5 Å². The molecule has 1 aromatic carbocycles. The van der Waals surface area contributed by atoms with E-state index >= 15 is 0 Å². The maximum Gasteiger partial charge on any atom is 0.255 e. The fourth-order valence-electron chi connectivity index (χ4n) is 2.93. The Morgan fingerprint density at radius 2 is 1.75 bits per heavy atom.